The highest BCUT2D eigenvalue weighted by atomic mass is 35.5. The van der Waals surface area contributed by atoms with Crippen LogP contribution in [0.5, 0.6) is 5.75 Å². The Morgan fingerprint density at radius 2 is 1.88 bits per heavy atom. The first-order chi connectivity index (χ1) is 19.5. The van der Waals surface area contributed by atoms with E-state index in [0.717, 1.165) is 6.42 Å². The number of aromatic nitrogens is 3. The number of piperazine rings is 1. The minimum Gasteiger partial charge on any atom is -0.406 e. The van der Waals surface area contributed by atoms with Gasteiger partial charge in [-0.2, -0.15) is 0 Å². The number of carbonyl (C=O) groups excluding carboxylic acids is 2. The molecule has 2 saturated heterocycles. The summed E-state index contributed by atoms with van der Waals surface area (Å²) < 4.78 is 45.6. The zero-order valence-electron chi connectivity index (χ0n) is 22.4. The highest BCUT2D eigenvalue weighted by Gasteiger charge is 2.41. The van der Waals surface area contributed by atoms with Crippen molar-refractivity contribution in [2.75, 3.05) is 19.6 Å². The summed E-state index contributed by atoms with van der Waals surface area (Å²) in [6, 6.07) is 11.1. The van der Waals surface area contributed by atoms with Crippen LogP contribution in [-0.4, -0.2) is 68.4 Å². The Balaban J connectivity index is 1.45. The molecule has 0 bridgehead atoms. The molecule has 8 nitrogen and oxygen atoms in total. The lowest BCUT2D eigenvalue weighted by Gasteiger charge is -2.39. The third-order valence-electron chi connectivity index (χ3n) is 8.12. The number of carbonyl (C=O) groups is 2. The second kappa shape index (κ2) is 10.2. The summed E-state index contributed by atoms with van der Waals surface area (Å²) in [5.74, 6) is -0.424. The van der Waals surface area contributed by atoms with E-state index in [1.807, 2.05) is 17.9 Å². The molecular weight excluding hydrogens is 559 g/mol. The first-order valence-electron chi connectivity index (χ1n) is 13.4. The van der Waals surface area contributed by atoms with Gasteiger partial charge >= 0.3 is 6.36 Å². The van der Waals surface area contributed by atoms with E-state index in [1.54, 1.807) is 46.7 Å². The second-order valence-corrected chi connectivity index (χ2v) is 11.1. The lowest BCUT2D eigenvalue weighted by molar-refractivity contribution is -0.274. The predicted molar refractivity (Wildman–Crippen MR) is 145 cm³/mol. The van der Waals surface area contributed by atoms with Crippen LogP contribution < -0.4 is 4.74 Å². The fraction of sp³-hybridized carbons (Fsp3) is 0.379. The second-order valence-electron chi connectivity index (χ2n) is 10.6. The summed E-state index contributed by atoms with van der Waals surface area (Å²) in [7, 11) is 0. The van der Waals surface area contributed by atoms with Crippen molar-refractivity contribution in [1.29, 1.82) is 0 Å². The van der Waals surface area contributed by atoms with Crippen molar-refractivity contribution in [3.63, 3.8) is 0 Å². The third kappa shape index (κ3) is 5.07. The van der Waals surface area contributed by atoms with E-state index in [4.69, 9.17) is 11.6 Å². The highest BCUT2D eigenvalue weighted by molar-refractivity contribution is 6.30. The van der Waals surface area contributed by atoms with E-state index >= 15 is 0 Å². The largest absolute Gasteiger partial charge is 0.573 e. The minimum absolute atomic E-state index is 0.0175. The zero-order chi connectivity index (χ0) is 29.1. The Labute approximate surface area is 239 Å². The molecule has 0 radical (unpaired) electrons. The number of hydrogen-bond donors (Lipinski definition) is 0. The van der Waals surface area contributed by atoms with Gasteiger partial charge in [0.25, 0.3) is 0 Å². The normalized spacial score (nSPS) is 21.0. The van der Waals surface area contributed by atoms with E-state index in [-0.39, 0.29) is 23.6 Å². The van der Waals surface area contributed by atoms with Gasteiger partial charge in [-0.15, -0.1) is 23.4 Å². The van der Waals surface area contributed by atoms with Gasteiger partial charge in [-0.05, 0) is 54.8 Å². The van der Waals surface area contributed by atoms with Crippen LogP contribution in [0.3, 0.4) is 0 Å². The number of amides is 2. The molecule has 12 heteroatoms. The van der Waals surface area contributed by atoms with E-state index in [9.17, 15) is 22.8 Å². The van der Waals surface area contributed by atoms with Crippen LogP contribution in [0.1, 0.15) is 48.5 Å². The maximum absolute atomic E-state index is 13.9. The summed E-state index contributed by atoms with van der Waals surface area (Å²) in [4.78, 5) is 29.8. The SMILES string of the molecule is Cc1nnc2n1-c1ccc(OC(F)(F)F)cc1C(c1ccc(Cl)cc1)=CC2C(C)C(=O)N1CCN2C(=O)CCC2C1. The van der Waals surface area contributed by atoms with E-state index in [0.29, 0.717) is 65.1 Å². The van der Waals surface area contributed by atoms with Gasteiger partial charge in [-0.1, -0.05) is 36.7 Å². The quantitative estimate of drug-likeness (QED) is 0.424. The van der Waals surface area contributed by atoms with Gasteiger partial charge in [0.1, 0.15) is 17.4 Å². The number of aryl methyl sites for hydroxylation is 1. The van der Waals surface area contributed by atoms with Crippen molar-refractivity contribution in [3.8, 4) is 11.4 Å². The average Bonchev–Trinajstić information content (AvgIpc) is 3.46. The summed E-state index contributed by atoms with van der Waals surface area (Å²) in [6.07, 6.45) is -1.76. The molecule has 3 aliphatic rings. The molecule has 41 heavy (non-hydrogen) atoms. The fourth-order valence-electron chi connectivity index (χ4n) is 6.11. The number of hydrogen-bond acceptors (Lipinski definition) is 5. The Hall–Kier alpha value is -3.86. The molecule has 3 atom stereocenters. The topological polar surface area (TPSA) is 80.6 Å². The van der Waals surface area contributed by atoms with E-state index < -0.39 is 18.2 Å². The Kier molecular flexibility index (Phi) is 6.80. The molecule has 0 N–H and O–H groups in total. The summed E-state index contributed by atoms with van der Waals surface area (Å²) in [6.45, 7) is 5.00. The van der Waals surface area contributed by atoms with Crippen LogP contribution in [0.25, 0.3) is 11.3 Å². The molecule has 3 unspecified atom stereocenters. The maximum atomic E-state index is 13.9. The number of alkyl halides is 3. The number of fused-ring (bicyclic) bond motifs is 4. The first kappa shape index (κ1) is 27.3. The molecule has 2 aromatic carbocycles. The molecule has 0 aliphatic carbocycles. The molecule has 0 spiro atoms. The minimum atomic E-state index is -4.86. The maximum Gasteiger partial charge on any atom is 0.573 e. The molecule has 4 heterocycles. The van der Waals surface area contributed by atoms with Crippen LogP contribution in [0, 0.1) is 12.8 Å². The highest BCUT2D eigenvalue weighted by Crippen LogP contribution is 2.42. The Morgan fingerprint density at radius 3 is 2.61 bits per heavy atom. The molecule has 2 fully saturated rings. The van der Waals surface area contributed by atoms with E-state index in [2.05, 4.69) is 14.9 Å². The summed E-state index contributed by atoms with van der Waals surface area (Å²) >= 11 is 6.15. The van der Waals surface area contributed by atoms with Gasteiger partial charge in [-0.3, -0.25) is 14.2 Å². The molecule has 3 aromatic rings. The van der Waals surface area contributed by atoms with Crippen LogP contribution in [0.4, 0.5) is 13.2 Å². The van der Waals surface area contributed by atoms with Crippen LogP contribution in [0.15, 0.2) is 48.5 Å². The molecule has 1 aromatic heterocycles. The van der Waals surface area contributed by atoms with Crippen LogP contribution in [0.2, 0.25) is 5.02 Å². The van der Waals surface area contributed by atoms with Gasteiger partial charge in [-0.25, -0.2) is 0 Å². The van der Waals surface area contributed by atoms with Crippen LogP contribution in [-0.2, 0) is 9.59 Å². The summed E-state index contributed by atoms with van der Waals surface area (Å²) in [5, 5.41) is 9.23. The fourth-order valence-corrected chi connectivity index (χ4v) is 6.24. The summed E-state index contributed by atoms with van der Waals surface area (Å²) in [5.41, 5.74) is 2.36. The number of halogens is 4. The standard InChI is InChI=1S/C29H27ClF3N5O3/c1-16(28(40)36-11-12-37-20(15-36)7-10-26(37)39)22-14-23(18-3-5-19(30)6-4-18)24-13-21(41-29(31,32)33)8-9-25(24)38-17(2)34-35-27(22)38/h3-6,8-9,13-14,16,20,22H,7,10-12,15H2,1-2H3. The number of allylic oxidation sites excluding steroid dienone is 1. The van der Waals surface area contributed by atoms with Crippen LogP contribution >= 0.6 is 11.6 Å². The molecular formula is C29H27ClF3N5O3. The molecule has 214 valence electrons. The molecule has 3 aliphatic heterocycles. The average molecular weight is 586 g/mol. The van der Waals surface area contributed by atoms with Crippen molar-refractivity contribution in [2.45, 2.75) is 45.0 Å². The predicted octanol–water partition coefficient (Wildman–Crippen LogP) is 5.13. The Morgan fingerprint density at radius 1 is 1.12 bits per heavy atom. The number of rotatable bonds is 4. The number of ether oxygens (including phenoxy) is 1. The first-order valence-corrected chi connectivity index (χ1v) is 13.8. The monoisotopic (exact) mass is 585 g/mol. The van der Waals surface area contributed by atoms with Crippen molar-refractivity contribution in [1.82, 2.24) is 24.6 Å². The van der Waals surface area contributed by atoms with Gasteiger partial charge in [0.05, 0.1) is 5.69 Å². The third-order valence-corrected chi connectivity index (χ3v) is 8.37. The lowest BCUT2D eigenvalue weighted by atomic mass is 9.87. The number of nitrogens with zero attached hydrogens (tertiary/aromatic N) is 5. The smallest absolute Gasteiger partial charge is 0.406 e. The van der Waals surface area contributed by atoms with Crippen molar-refractivity contribution < 1.29 is 27.5 Å². The van der Waals surface area contributed by atoms with Crippen molar-refractivity contribution >= 4 is 29.0 Å². The van der Waals surface area contributed by atoms with Crippen molar-refractivity contribution in [2.24, 2.45) is 5.92 Å². The molecule has 0 saturated carbocycles. The van der Waals surface area contributed by atoms with Gasteiger partial charge < -0.3 is 14.5 Å². The van der Waals surface area contributed by atoms with Gasteiger partial charge in [0.15, 0.2) is 0 Å². The van der Waals surface area contributed by atoms with Gasteiger partial charge in [0, 0.05) is 54.5 Å². The zero-order valence-corrected chi connectivity index (χ0v) is 23.1. The molecule has 2 amide bonds. The number of benzene rings is 2. The molecule has 6 rings (SSSR count). The lowest BCUT2D eigenvalue weighted by Crippen LogP contribution is -2.54. The van der Waals surface area contributed by atoms with Crippen molar-refractivity contribution in [3.05, 3.63) is 76.3 Å². The Bertz CT molecular complexity index is 1550. The van der Waals surface area contributed by atoms with Gasteiger partial charge in [0.2, 0.25) is 11.8 Å². The van der Waals surface area contributed by atoms with E-state index in [1.165, 1.54) is 12.1 Å².